The number of rotatable bonds is 6. The summed E-state index contributed by atoms with van der Waals surface area (Å²) in [5.74, 6) is 0.00751. The Morgan fingerprint density at radius 1 is 1.04 bits per heavy atom. The Morgan fingerprint density at radius 3 is 2.64 bits per heavy atom. The first-order valence-electron chi connectivity index (χ1n) is 9.46. The molecular weight excluding hydrogens is 390 g/mol. The van der Waals surface area contributed by atoms with Crippen molar-refractivity contribution in [3.05, 3.63) is 57.6 Å². The smallest absolute Gasteiger partial charge is 0.252 e. The quantitative estimate of drug-likeness (QED) is 0.674. The number of carbonyl (C=O) groups excluding carboxylic acids is 2. The third kappa shape index (κ3) is 4.43. The van der Waals surface area contributed by atoms with Crippen molar-refractivity contribution in [1.82, 2.24) is 15.1 Å². The fourth-order valence-corrected chi connectivity index (χ4v) is 5.08. The number of carbonyl (C=O) groups is 2. The average molecular weight is 414 g/mol. The number of fused-ring (bicyclic) bond motifs is 1. The van der Waals surface area contributed by atoms with Crippen LogP contribution in [0.3, 0.4) is 0 Å². The van der Waals surface area contributed by atoms with Gasteiger partial charge in [-0.1, -0.05) is 18.2 Å². The lowest BCUT2D eigenvalue weighted by Gasteiger charge is -2.34. The van der Waals surface area contributed by atoms with Gasteiger partial charge in [-0.2, -0.15) is 11.3 Å². The minimum absolute atomic E-state index is 0.109. The zero-order valence-electron chi connectivity index (χ0n) is 15.6. The fraction of sp³-hybridized carbons (Fsp3) is 0.333. The van der Waals surface area contributed by atoms with Gasteiger partial charge in [0.05, 0.1) is 0 Å². The monoisotopic (exact) mass is 413 g/mol. The molecule has 28 heavy (non-hydrogen) atoms. The molecule has 2 amide bonds. The van der Waals surface area contributed by atoms with Crippen LogP contribution >= 0.6 is 22.7 Å². The second kappa shape index (κ2) is 8.86. The number of amides is 2. The van der Waals surface area contributed by atoms with Crippen LogP contribution in [-0.2, 0) is 11.3 Å². The molecule has 3 aromatic rings. The van der Waals surface area contributed by atoms with Crippen molar-refractivity contribution >= 4 is 44.6 Å². The number of hydrogen-bond acceptors (Lipinski definition) is 5. The SMILES string of the molecule is O=C(NCCC(=O)N1CCN(Cc2csc3ccccc23)CC1)c1ccsc1. The highest BCUT2D eigenvalue weighted by Gasteiger charge is 2.21. The highest BCUT2D eigenvalue weighted by Crippen LogP contribution is 2.26. The second-order valence-corrected chi connectivity index (χ2v) is 8.62. The summed E-state index contributed by atoms with van der Waals surface area (Å²) >= 11 is 3.29. The Hall–Kier alpha value is -2.22. The molecule has 146 valence electrons. The highest BCUT2D eigenvalue weighted by molar-refractivity contribution is 7.17. The maximum Gasteiger partial charge on any atom is 0.252 e. The van der Waals surface area contributed by atoms with E-state index in [1.807, 2.05) is 15.7 Å². The first-order chi connectivity index (χ1) is 13.7. The van der Waals surface area contributed by atoms with E-state index in [0.29, 0.717) is 18.5 Å². The summed E-state index contributed by atoms with van der Waals surface area (Å²) in [7, 11) is 0. The molecule has 3 heterocycles. The lowest BCUT2D eigenvalue weighted by molar-refractivity contribution is -0.132. The number of piperazine rings is 1. The van der Waals surface area contributed by atoms with E-state index in [1.54, 1.807) is 17.4 Å². The maximum atomic E-state index is 12.4. The molecule has 1 saturated heterocycles. The largest absolute Gasteiger partial charge is 0.351 e. The number of benzene rings is 1. The normalized spacial score (nSPS) is 15.1. The number of nitrogens with one attached hydrogen (secondary N) is 1. The number of hydrogen-bond donors (Lipinski definition) is 1. The standard InChI is InChI=1S/C21H23N3O2S2/c25-20(5-7-22-21(26)16-6-12-27-14-16)24-10-8-23(9-11-24)13-17-15-28-19-4-2-1-3-18(17)19/h1-4,6,12,14-15H,5,7-11,13H2,(H,22,26). The summed E-state index contributed by atoms with van der Waals surface area (Å²) in [5, 5.41) is 10.1. The zero-order chi connectivity index (χ0) is 19.3. The first-order valence-corrected chi connectivity index (χ1v) is 11.3. The van der Waals surface area contributed by atoms with Crippen LogP contribution in [0.15, 0.2) is 46.5 Å². The van der Waals surface area contributed by atoms with Gasteiger partial charge >= 0.3 is 0 Å². The van der Waals surface area contributed by atoms with Crippen LogP contribution < -0.4 is 5.32 Å². The van der Waals surface area contributed by atoms with E-state index in [4.69, 9.17) is 0 Å². The van der Waals surface area contributed by atoms with Gasteiger partial charge in [0, 0.05) is 61.3 Å². The van der Waals surface area contributed by atoms with Gasteiger partial charge in [0.2, 0.25) is 5.91 Å². The molecule has 0 unspecified atom stereocenters. The topological polar surface area (TPSA) is 52.7 Å². The molecule has 5 nitrogen and oxygen atoms in total. The number of nitrogens with zero attached hydrogens (tertiary/aromatic N) is 2. The average Bonchev–Trinajstić information content (AvgIpc) is 3.39. The molecule has 7 heteroatoms. The van der Waals surface area contributed by atoms with Crippen LogP contribution in [0.1, 0.15) is 22.3 Å². The van der Waals surface area contributed by atoms with Gasteiger partial charge in [-0.3, -0.25) is 14.5 Å². The van der Waals surface area contributed by atoms with Crippen molar-refractivity contribution in [2.45, 2.75) is 13.0 Å². The predicted octanol–water partition coefficient (Wildman–Crippen LogP) is 3.43. The maximum absolute atomic E-state index is 12.4. The molecule has 0 bridgehead atoms. The van der Waals surface area contributed by atoms with Gasteiger partial charge in [0.25, 0.3) is 5.91 Å². The molecule has 1 aliphatic rings. The van der Waals surface area contributed by atoms with Gasteiger partial charge < -0.3 is 10.2 Å². The Morgan fingerprint density at radius 2 is 1.86 bits per heavy atom. The van der Waals surface area contributed by atoms with E-state index < -0.39 is 0 Å². The van der Waals surface area contributed by atoms with Crippen molar-refractivity contribution in [2.75, 3.05) is 32.7 Å². The first kappa shape index (κ1) is 19.1. The van der Waals surface area contributed by atoms with Crippen molar-refractivity contribution in [3.8, 4) is 0 Å². The van der Waals surface area contributed by atoms with E-state index in [2.05, 4.69) is 39.9 Å². The van der Waals surface area contributed by atoms with Gasteiger partial charge in [-0.25, -0.2) is 0 Å². The van der Waals surface area contributed by atoms with Crippen molar-refractivity contribution in [3.63, 3.8) is 0 Å². The summed E-state index contributed by atoms with van der Waals surface area (Å²) < 4.78 is 1.33. The van der Waals surface area contributed by atoms with Crippen molar-refractivity contribution in [1.29, 1.82) is 0 Å². The van der Waals surface area contributed by atoms with Crippen LogP contribution in [-0.4, -0.2) is 54.3 Å². The molecule has 4 rings (SSSR count). The Balaban J connectivity index is 1.21. The van der Waals surface area contributed by atoms with Crippen LogP contribution in [0, 0.1) is 0 Å². The van der Waals surface area contributed by atoms with E-state index >= 15 is 0 Å². The zero-order valence-corrected chi connectivity index (χ0v) is 17.2. The van der Waals surface area contributed by atoms with E-state index in [1.165, 1.54) is 27.0 Å². The molecule has 1 aromatic carbocycles. The number of thiophene rings is 2. The van der Waals surface area contributed by atoms with Gasteiger partial charge in [-0.15, -0.1) is 11.3 Å². The molecule has 2 aromatic heterocycles. The molecule has 0 saturated carbocycles. The van der Waals surface area contributed by atoms with E-state index in [-0.39, 0.29) is 11.8 Å². The predicted molar refractivity (Wildman–Crippen MR) is 115 cm³/mol. The molecule has 1 fully saturated rings. The van der Waals surface area contributed by atoms with Crippen LogP contribution in [0.5, 0.6) is 0 Å². The summed E-state index contributed by atoms with van der Waals surface area (Å²) in [6.07, 6.45) is 0.352. The fourth-order valence-electron chi connectivity index (χ4n) is 3.49. The minimum Gasteiger partial charge on any atom is -0.351 e. The summed E-state index contributed by atoms with van der Waals surface area (Å²) in [4.78, 5) is 28.7. The Bertz CT molecular complexity index is 944. The van der Waals surface area contributed by atoms with Crippen LogP contribution in [0.2, 0.25) is 0 Å². The molecule has 0 radical (unpaired) electrons. The third-order valence-electron chi connectivity index (χ3n) is 5.09. The Kier molecular flexibility index (Phi) is 6.04. The van der Waals surface area contributed by atoms with Gasteiger partial charge in [-0.05, 0) is 33.8 Å². The molecular formula is C21H23N3O2S2. The molecule has 1 aliphatic heterocycles. The molecule has 0 aliphatic carbocycles. The highest BCUT2D eigenvalue weighted by atomic mass is 32.1. The summed E-state index contributed by atoms with van der Waals surface area (Å²) in [6.45, 7) is 4.59. The van der Waals surface area contributed by atoms with Crippen LogP contribution in [0.4, 0.5) is 0 Å². The minimum atomic E-state index is -0.109. The van der Waals surface area contributed by atoms with Gasteiger partial charge in [0.15, 0.2) is 0 Å². The van der Waals surface area contributed by atoms with E-state index in [9.17, 15) is 9.59 Å². The molecule has 0 atom stereocenters. The molecule has 0 spiro atoms. The lowest BCUT2D eigenvalue weighted by Crippen LogP contribution is -2.48. The van der Waals surface area contributed by atoms with Crippen LogP contribution in [0.25, 0.3) is 10.1 Å². The summed E-state index contributed by atoms with van der Waals surface area (Å²) in [5.41, 5.74) is 2.03. The van der Waals surface area contributed by atoms with Crippen molar-refractivity contribution < 1.29 is 9.59 Å². The third-order valence-corrected chi connectivity index (χ3v) is 6.78. The van der Waals surface area contributed by atoms with Gasteiger partial charge in [0.1, 0.15) is 0 Å². The Labute approximate surface area is 172 Å². The van der Waals surface area contributed by atoms with E-state index in [0.717, 1.165) is 32.7 Å². The lowest BCUT2D eigenvalue weighted by atomic mass is 10.1. The summed E-state index contributed by atoms with van der Waals surface area (Å²) in [6, 6.07) is 10.3. The second-order valence-electron chi connectivity index (χ2n) is 6.93. The molecule has 1 N–H and O–H groups in total. The van der Waals surface area contributed by atoms with Crippen molar-refractivity contribution in [2.24, 2.45) is 0 Å².